The van der Waals surface area contributed by atoms with Crippen molar-refractivity contribution in [3.05, 3.63) is 29.0 Å². The van der Waals surface area contributed by atoms with E-state index in [1.807, 2.05) is 6.92 Å². The third-order valence-corrected chi connectivity index (χ3v) is 3.36. The van der Waals surface area contributed by atoms with Crippen molar-refractivity contribution in [3.8, 4) is 17.1 Å². The number of pyridine rings is 1. The minimum atomic E-state index is -1.07. The van der Waals surface area contributed by atoms with E-state index in [9.17, 15) is 9.90 Å². The van der Waals surface area contributed by atoms with Gasteiger partial charge < -0.3 is 9.84 Å². The number of hydrogen-bond donors (Lipinski definition) is 1. The molecular weight excluding hydrogens is 282 g/mol. The summed E-state index contributed by atoms with van der Waals surface area (Å²) in [4.78, 5) is 15.5. The van der Waals surface area contributed by atoms with E-state index >= 15 is 0 Å². The highest BCUT2D eigenvalue weighted by Crippen LogP contribution is 2.34. The quantitative estimate of drug-likeness (QED) is 0.920. The molecule has 104 valence electrons. The van der Waals surface area contributed by atoms with Crippen LogP contribution < -0.4 is 4.74 Å². The number of rotatable bonds is 2. The highest BCUT2D eigenvalue weighted by molar-refractivity contribution is 6.30. The maximum Gasteiger partial charge on any atom is 0.343 e. The van der Waals surface area contributed by atoms with E-state index in [0.29, 0.717) is 28.7 Å². The molecule has 20 heavy (non-hydrogen) atoms. The van der Waals surface area contributed by atoms with Crippen LogP contribution in [0, 0.1) is 0 Å². The minimum absolute atomic E-state index is 0.0253. The van der Waals surface area contributed by atoms with Gasteiger partial charge in [0.25, 0.3) is 0 Å². The van der Waals surface area contributed by atoms with Gasteiger partial charge in [0, 0.05) is 30.9 Å². The molecule has 1 aliphatic heterocycles. The van der Waals surface area contributed by atoms with Crippen LogP contribution in [0.4, 0.5) is 0 Å². The first-order valence-corrected chi connectivity index (χ1v) is 6.55. The number of fused-ring (bicyclic) bond motifs is 1. The molecule has 1 aliphatic rings. The number of carboxylic acids is 1. The van der Waals surface area contributed by atoms with E-state index < -0.39 is 5.97 Å². The molecule has 1 N–H and O–H groups in total. The molecule has 1 atom stereocenters. The van der Waals surface area contributed by atoms with E-state index in [-0.39, 0.29) is 11.7 Å². The molecule has 0 aromatic carbocycles. The normalized spacial score (nSPS) is 17.4. The molecule has 0 spiro atoms. The van der Waals surface area contributed by atoms with E-state index in [1.165, 1.54) is 12.4 Å². The lowest BCUT2D eigenvalue weighted by Gasteiger charge is -2.21. The van der Waals surface area contributed by atoms with Crippen molar-refractivity contribution >= 4 is 17.6 Å². The Hall–Kier alpha value is -2.08. The molecule has 0 saturated heterocycles. The van der Waals surface area contributed by atoms with Gasteiger partial charge in [0.2, 0.25) is 5.88 Å². The summed E-state index contributed by atoms with van der Waals surface area (Å²) in [6.07, 6.45) is 3.79. The zero-order valence-corrected chi connectivity index (χ0v) is 11.5. The minimum Gasteiger partial charge on any atom is -0.477 e. The first-order chi connectivity index (χ1) is 9.56. The summed E-state index contributed by atoms with van der Waals surface area (Å²) in [6.45, 7) is 2.54. The van der Waals surface area contributed by atoms with Gasteiger partial charge in [0.15, 0.2) is 0 Å². The SMILES string of the molecule is C[C@@H]1CCn2nc(-c3cncc(Cl)c3)c(C(=O)O)c2O1. The third kappa shape index (κ3) is 2.12. The number of carbonyl (C=O) groups is 1. The zero-order valence-electron chi connectivity index (χ0n) is 10.7. The molecule has 3 heterocycles. The lowest BCUT2D eigenvalue weighted by molar-refractivity contribution is 0.0684. The van der Waals surface area contributed by atoms with Crippen LogP contribution in [-0.4, -0.2) is 31.9 Å². The first kappa shape index (κ1) is 12.9. The van der Waals surface area contributed by atoms with Crippen molar-refractivity contribution in [1.82, 2.24) is 14.8 Å². The Morgan fingerprint density at radius 3 is 3.05 bits per heavy atom. The summed E-state index contributed by atoms with van der Waals surface area (Å²) in [5.41, 5.74) is 0.949. The maximum absolute atomic E-state index is 11.5. The molecule has 0 fully saturated rings. The average molecular weight is 294 g/mol. The lowest BCUT2D eigenvalue weighted by atomic mass is 10.1. The number of halogens is 1. The van der Waals surface area contributed by atoms with Crippen molar-refractivity contribution in [3.63, 3.8) is 0 Å². The van der Waals surface area contributed by atoms with Gasteiger partial charge in [-0.2, -0.15) is 5.10 Å². The van der Waals surface area contributed by atoms with Gasteiger partial charge in [0.05, 0.1) is 11.1 Å². The Morgan fingerprint density at radius 2 is 2.35 bits per heavy atom. The van der Waals surface area contributed by atoms with Gasteiger partial charge in [-0.15, -0.1) is 0 Å². The molecule has 3 rings (SSSR count). The van der Waals surface area contributed by atoms with Crippen LogP contribution in [0.1, 0.15) is 23.7 Å². The Kier molecular flexibility index (Phi) is 3.10. The van der Waals surface area contributed by atoms with Crippen molar-refractivity contribution < 1.29 is 14.6 Å². The van der Waals surface area contributed by atoms with Gasteiger partial charge >= 0.3 is 5.97 Å². The molecule has 0 radical (unpaired) electrons. The molecular formula is C13H12ClN3O3. The van der Waals surface area contributed by atoms with Crippen molar-refractivity contribution in [2.24, 2.45) is 0 Å². The number of aryl methyl sites for hydroxylation is 1. The van der Waals surface area contributed by atoms with Crippen LogP contribution in [0.25, 0.3) is 11.3 Å². The maximum atomic E-state index is 11.5. The monoisotopic (exact) mass is 293 g/mol. The van der Waals surface area contributed by atoms with Crippen molar-refractivity contribution in [2.45, 2.75) is 26.0 Å². The summed E-state index contributed by atoms with van der Waals surface area (Å²) in [7, 11) is 0. The Balaban J connectivity index is 2.19. The second-order valence-corrected chi connectivity index (χ2v) is 5.10. The van der Waals surface area contributed by atoms with Crippen LogP contribution in [0.15, 0.2) is 18.5 Å². The van der Waals surface area contributed by atoms with Crippen molar-refractivity contribution in [2.75, 3.05) is 0 Å². The van der Waals surface area contributed by atoms with E-state index in [1.54, 1.807) is 10.7 Å². The third-order valence-electron chi connectivity index (χ3n) is 3.16. The zero-order chi connectivity index (χ0) is 14.3. The number of aromatic nitrogens is 3. The summed E-state index contributed by atoms with van der Waals surface area (Å²) < 4.78 is 7.21. The molecule has 2 aromatic heterocycles. The van der Waals surface area contributed by atoms with Gasteiger partial charge in [-0.1, -0.05) is 11.6 Å². The highest BCUT2D eigenvalue weighted by atomic mass is 35.5. The second kappa shape index (κ2) is 4.79. The van der Waals surface area contributed by atoms with Crippen molar-refractivity contribution in [1.29, 1.82) is 0 Å². The predicted molar refractivity (Wildman–Crippen MR) is 72.1 cm³/mol. The van der Waals surface area contributed by atoms with Crippen LogP contribution in [0.2, 0.25) is 5.02 Å². The fourth-order valence-corrected chi connectivity index (χ4v) is 2.38. The molecule has 6 nitrogen and oxygen atoms in total. The Bertz CT molecular complexity index is 683. The average Bonchev–Trinajstić information content (AvgIpc) is 2.77. The first-order valence-electron chi connectivity index (χ1n) is 6.18. The van der Waals surface area contributed by atoms with E-state index in [4.69, 9.17) is 16.3 Å². The van der Waals surface area contributed by atoms with Crippen LogP contribution >= 0.6 is 11.6 Å². The molecule has 0 bridgehead atoms. The highest BCUT2D eigenvalue weighted by Gasteiger charge is 2.29. The van der Waals surface area contributed by atoms with Gasteiger partial charge in [-0.25, -0.2) is 9.48 Å². The molecule has 0 unspecified atom stereocenters. The predicted octanol–water partition coefficient (Wildman–Crippen LogP) is 2.47. The molecule has 2 aromatic rings. The number of carboxylic acid groups (broad SMARTS) is 1. The topological polar surface area (TPSA) is 77.2 Å². The van der Waals surface area contributed by atoms with E-state index in [2.05, 4.69) is 10.1 Å². The Morgan fingerprint density at radius 1 is 1.55 bits per heavy atom. The number of hydrogen-bond acceptors (Lipinski definition) is 4. The smallest absolute Gasteiger partial charge is 0.343 e. The second-order valence-electron chi connectivity index (χ2n) is 4.67. The van der Waals surface area contributed by atoms with Crippen LogP contribution in [0.3, 0.4) is 0 Å². The summed E-state index contributed by atoms with van der Waals surface area (Å²) in [5.74, 6) is -0.776. The largest absolute Gasteiger partial charge is 0.477 e. The van der Waals surface area contributed by atoms with Gasteiger partial charge in [0.1, 0.15) is 11.3 Å². The summed E-state index contributed by atoms with van der Waals surface area (Å²) >= 11 is 5.90. The van der Waals surface area contributed by atoms with Gasteiger partial charge in [-0.05, 0) is 13.0 Å². The van der Waals surface area contributed by atoms with Crippen LogP contribution in [0.5, 0.6) is 5.88 Å². The number of ether oxygens (including phenoxy) is 1. The molecule has 7 heteroatoms. The lowest BCUT2D eigenvalue weighted by Crippen LogP contribution is -2.24. The molecule has 0 saturated carbocycles. The summed E-state index contributed by atoms with van der Waals surface area (Å²) in [6, 6.07) is 1.64. The standard InChI is InChI=1S/C13H12ClN3O3/c1-7-2-3-17-12(20-7)10(13(18)19)11(16-17)8-4-9(14)6-15-5-8/h4-7H,2-3H2,1H3,(H,18,19)/t7-/m1/s1. The van der Waals surface area contributed by atoms with Crippen LogP contribution in [-0.2, 0) is 6.54 Å². The molecule has 0 amide bonds. The Labute approximate surface area is 120 Å². The molecule has 0 aliphatic carbocycles. The summed E-state index contributed by atoms with van der Waals surface area (Å²) in [5, 5.41) is 14.2. The fraction of sp³-hybridized carbons (Fsp3) is 0.308. The fourth-order valence-electron chi connectivity index (χ4n) is 2.21. The number of aromatic carboxylic acids is 1. The van der Waals surface area contributed by atoms with E-state index in [0.717, 1.165) is 6.42 Å². The number of nitrogens with zero attached hydrogens (tertiary/aromatic N) is 3. The van der Waals surface area contributed by atoms with Gasteiger partial charge in [-0.3, -0.25) is 4.98 Å².